The number of ether oxygens (including phenoxy) is 2. The van der Waals surface area contributed by atoms with Crippen LogP contribution in [0.4, 0.5) is 0 Å². The quantitative estimate of drug-likeness (QED) is 0.869. The van der Waals surface area contributed by atoms with Crippen molar-refractivity contribution >= 4 is 5.78 Å². The number of benzene rings is 2. The third-order valence-electron chi connectivity index (χ3n) is 6.42. The number of carbonyl (C=O) groups excluding carboxylic acids is 1. The maximum absolute atomic E-state index is 13.6. The molecule has 4 rings (SSSR count). The van der Waals surface area contributed by atoms with Gasteiger partial charge in [0.1, 0.15) is 17.3 Å². The SMILES string of the molecule is COc1ccccc1C1NC(c2ccccc2OC)C2(C)CCCC1C2=O. The van der Waals surface area contributed by atoms with Crippen LogP contribution in [-0.2, 0) is 4.79 Å². The molecule has 4 heteroatoms. The normalized spacial score (nSPS) is 30.0. The van der Waals surface area contributed by atoms with Crippen LogP contribution in [0.2, 0.25) is 0 Å². The van der Waals surface area contributed by atoms with Crippen molar-refractivity contribution in [2.75, 3.05) is 14.2 Å². The lowest BCUT2D eigenvalue weighted by Crippen LogP contribution is -2.56. The molecule has 2 fully saturated rings. The molecule has 2 aromatic rings. The van der Waals surface area contributed by atoms with Crippen LogP contribution >= 0.6 is 0 Å². The van der Waals surface area contributed by atoms with E-state index in [1.165, 1.54) is 0 Å². The standard InChI is InChI=1S/C23H27NO3/c1-23-14-8-11-17(22(23)25)20(15-9-4-6-12-18(15)26-2)24-21(23)16-10-5-7-13-19(16)27-3/h4-7,9-10,12-13,17,20-21,24H,8,11,14H2,1-3H3. The van der Waals surface area contributed by atoms with Gasteiger partial charge in [-0.2, -0.15) is 0 Å². The fourth-order valence-electron chi connectivity index (χ4n) is 5.02. The number of hydrogen-bond acceptors (Lipinski definition) is 4. The number of para-hydroxylation sites is 2. The minimum Gasteiger partial charge on any atom is -0.496 e. The van der Waals surface area contributed by atoms with Gasteiger partial charge in [-0.05, 0) is 25.0 Å². The summed E-state index contributed by atoms with van der Waals surface area (Å²) in [5.41, 5.74) is 1.69. The molecule has 0 radical (unpaired) electrons. The highest BCUT2D eigenvalue weighted by atomic mass is 16.5. The smallest absolute Gasteiger partial charge is 0.145 e. The molecule has 4 unspecified atom stereocenters. The van der Waals surface area contributed by atoms with Crippen LogP contribution in [0, 0.1) is 11.3 Å². The van der Waals surface area contributed by atoms with Crippen molar-refractivity contribution in [1.29, 1.82) is 0 Å². The Balaban J connectivity index is 1.83. The van der Waals surface area contributed by atoms with Gasteiger partial charge in [0.05, 0.1) is 14.2 Å². The van der Waals surface area contributed by atoms with Crippen molar-refractivity contribution in [3.05, 3.63) is 59.7 Å². The van der Waals surface area contributed by atoms with Gasteiger partial charge in [0.25, 0.3) is 0 Å². The van der Waals surface area contributed by atoms with E-state index in [0.29, 0.717) is 5.78 Å². The lowest BCUT2D eigenvalue weighted by atomic mass is 9.59. The fourth-order valence-corrected chi connectivity index (χ4v) is 5.02. The first-order valence-corrected chi connectivity index (χ1v) is 9.66. The van der Waals surface area contributed by atoms with Crippen LogP contribution in [-0.4, -0.2) is 20.0 Å². The first-order valence-electron chi connectivity index (χ1n) is 9.66. The van der Waals surface area contributed by atoms with Gasteiger partial charge in [-0.3, -0.25) is 4.79 Å². The summed E-state index contributed by atoms with van der Waals surface area (Å²) in [6, 6.07) is 15.9. The van der Waals surface area contributed by atoms with E-state index in [1.54, 1.807) is 14.2 Å². The molecule has 1 aliphatic carbocycles. The summed E-state index contributed by atoms with van der Waals surface area (Å²) in [4.78, 5) is 13.6. The average molecular weight is 365 g/mol. The second kappa shape index (κ2) is 7.01. The van der Waals surface area contributed by atoms with Gasteiger partial charge in [0.15, 0.2) is 0 Å². The van der Waals surface area contributed by atoms with E-state index in [1.807, 2.05) is 36.4 Å². The van der Waals surface area contributed by atoms with Crippen LogP contribution in [0.5, 0.6) is 11.5 Å². The topological polar surface area (TPSA) is 47.6 Å². The van der Waals surface area contributed by atoms with Gasteiger partial charge in [0, 0.05) is 34.5 Å². The lowest BCUT2D eigenvalue weighted by Gasteiger charge is -2.51. The van der Waals surface area contributed by atoms with Crippen LogP contribution in [0.1, 0.15) is 49.4 Å². The van der Waals surface area contributed by atoms with E-state index in [0.717, 1.165) is 41.9 Å². The molecule has 1 saturated carbocycles. The first kappa shape index (κ1) is 18.1. The Hall–Kier alpha value is -2.33. The van der Waals surface area contributed by atoms with Crippen molar-refractivity contribution in [2.45, 2.75) is 38.3 Å². The molecule has 2 aromatic carbocycles. The summed E-state index contributed by atoms with van der Waals surface area (Å²) in [5, 5.41) is 3.83. The Morgan fingerprint density at radius 3 is 2.22 bits per heavy atom. The molecule has 27 heavy (non-hydrogen) atoms. The Morgan fingerprint density at radius 2 is 1.56 bits per heavy atom. The molecule has 0 aromatic heterocycles. The van der Waals surface area contributed by atoms with E-state index in [-0.39, 0.29) is 18.0 Å². The van der Waals surface area contributed by atoms with Gasteiger partial charge in [-0.1, -0.05) is 49.7 Å². The maximum Gasteiger partial charge on any atom is 0.145 e. The number of Topliss-reactive ketones (excluding diaryl/α,β-unsaturated/α-hetero) is 1. The maximum atomic E-state index is 13.6. The lowest BCUT2D eigenvalue weighted by molar-refractivity contribution is -0.144. The molecule has 2 bridgehead atoms. The Morgan fingerprint density at radius 1 is 0.963 bits per heavy atom. The highest BCUT2D eigenvalue weighted by Gasteiger charge is 2.54. The van der Waals surface area contributed by atoms with E-state index in [9.17, 15) is 4.79 Å². The number of methoxy groups -OCH3 is 2. The third kappa shape index (κ3) is 2.83. The van der Waals surface area contributed by atoms with Crippen LogP contribution in [0.25, 0.3) is 0 Å². The van der Waals surface area contributed by atoms with Crippen molar-refractivity contribution in [3.63, 3.8) is 0 Å². The predicted octanol–water partition coefficient (Wildman–Crippen LogP) is 4.46. The highest BCUT2D eigenvalue weighted by Crippen LogP contribution is 2.54. The van der Waals surface area contributed by atoms with Gasteiger partial charge >= 0.3 is 0 Å². The number of rotatable bonds is 4. The molecule has 1 saturated heterocycles. The zero-order valence-corrected chi connectivity index (χ0v) is 16.2. The van der Waals surface area contributed by atoms with Crippen LogP contribution in [0.3, 0.4) is 0 Å². The molecule has 1 aliphatic heterocycles. The van der Waals surface area contributed by atoms with Crippen LogP contribution < -0.4 is 14.8 Å². The minimum atomic E-state index is -0.421. The fraction of sp³-hybridized carbons (Fsp3) is 0.435. The van der Waals surface area contributed by atoms with E-state index >= 15 is 0 Å². The summed E-state index contributed by atoms with van der Waals surface area (Å²) in [6.45, 7) is 2.12. The largest absolute Gasteiger partial charge is 0.496 e. The number of nitrogens with one attached hydrogen (secondary N) is 1. The van der Waals surface area contributed by atoms with Crippen molar-refractivity contribution in [1.82, 2.24) is 5.32 Å². The summed E-state index contributed by atoms with van der Waals surface area (Å²) in [5.74, 6) is 1.99. The Bertz CT molecular complexity index is 849. The van der Waals surface area contributed by atoms with Gasteiger partial charge in [-0.25, -0.2) is 0 Å². The molecule has 1 heterocycles. The molecule has 4 nitrogen and oxygen atoms in total. The summed E-state index contributed by atoms with van der Waals surface area (Å²) >= 11 is 0. The second-order valence-corrected chi connectivity index (χ2v) is 7.84. The summed E-state index contributed by atoms with van der Waals surface area (Å²) in [6.07, 6.45) is 2.88. The third-order valence-corrected chi connectivity index (χ3v) is 6.42. The molecular weight excluding hydrogens is 338 g/mol. The van der Waals surface area contributed by atoms with E-state index < -0.39 is 5.41 Å². The van der Waals surface area contributed by atoms with Crippen molar-refractivity contribution < 1.29 is 14.3 Å². The Labute approximate surface area is 160 Å². The highest BCUT2D eigenvalue weighted by molar-refractivity contribution is 5.90. The number of fused-ring (bicyclic) bond motifs is 2. The van der Waals surface area contributed by atoms with E-state index in [4.69, 9.17) is 9.47 Å². The minimum absolute atomic E-state index is 0.0222. The first-order chi connectivity index (χ1) is 13.1. The van der Waals surface area contributed by atoms with Crippen molar-refractivity contribution in [2.24, 2.45) is 11.3 Å². The van der Waals surface area contributed by atoms with Gasteiger partial charge < -0.3 is 14.8 Å². The number of piperidine rings is 1. The Kier molecular flexibility index (Phi) is 4.68. The summed E-state index contributed by atoms with van der Waals surface area (Å²) in [7, 11) is 3.37. The average Bonchev–Trinajstić information content (AvgIpc) is 2.70. The molecule has 4 atom stereocenters. The van der Waals surface area contributed by atoms with Gasteiger partial charge in [-0.15, -0.1) is 0 Å². The molecule has 2 aliphatic rings. The molecule has 1 N–H and O–H groups in total. The van der Waals surface area contributed by atoms with E-state index in [2.05, 4.69) is 24.4 Å². The van der Waals surface area contributed by atoms with Crippen LogP contribution in [0.15, 0.2) is 48.5 Å². The zero-order chi connectivity index (χ0) is 19.0. The predicted molar refractivity (Wildman–Crippen MR) is 105 cm³/mol. The second-order valence-electron chi connectivity index (χ2n) is 7.84. The zero-order valence-electron chi connectivity index (χ0n) is 16.2. The molecular formula is C23H27NO3. The molecule has 0 amide bonds. The summed E-state index contributed by atoms with van der Waals surface area (Å²) < 4.78 is 11.2. The number of hydrogen-bond donors (Lipinski definition) is 1. The number of carbonyl (C=O) groups is 1. The monoisotopic (exact) mass is 365 g/mol. The number of ketones is 1. The molecule has 0 spiro atoms. The van der Waals surface area contributed by atoms with Gasteiger partial charge in [0.2, 0.25) is 0 Å². The molecule has 142 valence electrons. The van der Waals surface area contributed by atoms with Crippen molar-refractivity contribution in [3.8, 4) is 11.5 Å².